The summed E-state index contributed by atoms with van der Waals surface area (Å²) < 4.78 is 17.0. The van der Waals surface area contributed by atoms with Crippen molar-refractivity contribution in [3.8, 4) is 0 Å². The van der Waals surface area contributed by atoms with Crippen LogP contribution in [0.25, 0.3) is 0 Å². The van der Waals surface area contributed by atoms with Gasteiger partial charge in [0.2, 0.25) is 0 Å². The third kappa shape index (κ3) is 64.1. The minimum Gasteiger partial charge on any atom is -0.462 e. The van der Waals surface area contributed by atoms with Crippen LogP contribution in [0, 0.1) is 0 Å². The SMILES string of the molecule is CCCCCCC/C=C\C/C=C\CCCCCCCCCCCC(=O)OCC(COC(=O)CCCCCCCCCCC/C=C\CCCCCCCC)OC(=O)CCCCCCCCCCC/C=C\CCCCCCCC. The molecule has 0 radical (unpaired) electrons. The average molecular weight is 1080 g/mol. The highest BCUT2D eigenvalue weighted by atomic mass is 16.6. The van der Waals surface area contributed by atoms with E-state index in [4.69, 9.17) is 14.2 Å². The molecule has 0 aromatic rings. The lowest BCUT2D eigenvalue weighted by Gasteiger charge is -2.18. The van der Waals surface area contributed by atoms with Gasteiger partial charge in [0.05, 0.1) is 0 Å². The summed E-state index contributed by atoms with van der Waals surface area (Å²) >= 11 is 0. The van der Waals surface area contributed by atoms with Crippen molar-refractivity contribution in [2.24, 2.45) is 0 Å². The number of ether oxygens (including phenoxy) is 3. The Hall–Kier alpha value is -2.63. The van der Waals surface area contributed by atoms with Gasteiger partial charge in [0.15, 0.2) is 6.10 Å². The summed E-state index contributed by atoms with van der Waals surface area (Å²) in [5.41, 5.74) is 0. The fraction of sp³-hybridized carbons (Fsp3) is 0.845. The molecule has 0 aromatic carbocycles. The van der Waals surface area contributed by atoms with Gasteiger partial charge in [-0.05, 0) is 103 Å². The van der Waals surface area contributed by atoms with Gasteiger partial charge in [0, 0.05) is 19.3 Å². The fourth-order valence-electron chi connectivity index (χ4n) is 10.1. The van der Waals surface area contributed by atoms with E-state index in [9.17, 15) is 14.4 Å². The molecule has 0 saturated carbocycles. The van der Waals surface area contributed by atoms with E-state index in [0.717, 1.165) is 64.2 Å². The highest BCUT2D eigenvalue weighted by molar-refractivity contribution is 5.71. The lowest BCUT2D eigenvalue weighted by Crippen LogP contribution is -2.30. The van der Waals surface area contributed by atoms with Crippen molar-refractivity contribution in [3.05, 3.63) is 48.6 Å². The molecule has 0 aliphatic heterocycles. The topological polar surface area (TPSA) is 78.9 Å². The maximum Gasteiger partial charge on any atom is 0.306 e. The molecule has 0 bridgehead atoms. The van der Waals surface area contributed by atoms with Gasteiger partial charge in [0.1, 0.15) is 13.2 Å². The Bertz CT molecular complexity index is 1330. The quantitative estimate of drug-likeness (QED) is 0.0261. The van der Waals surface area contributed by atoms with E-state index in [-0.39, 0.29) is 31.1 Å². The molecule has 0 aliphatic rings. The molecule has 0 heterocycles. The second kappa shape index (κ2) is 65.9. The molecule has 0 N–H and O–H groups in total. The van der Waals surface area contributed by atoms with Gasteiger partial charge in [-0.2, -0.15) is 0 Å². The number of unbranched alkanes of at least 4 members (excludes halogenated alkanes) is 44. The highest BCUT2D eigenvalue weighted by Crippen LogP contribution is 2.17. The minimum atomic E-state index is -0.778. The molecular formula is C71H130O6. The number of rotatable bonds is 63. The zero-order valence-electron chi connectivity index (χ0n) is 51.7. The molecule has 6 heteroatoms. The predicted molar refractivity (Wildman–Crippen MR) is 335 cm³/mol. The van der Waals surface area contributed by atoms with Crippen LogP contribution in [0.1, 0.15) is 367 Å². The Morgan fingerprint density at radius 3 is 0.727 bits per heavy atom. The lowest BCUT2D eigenvalue weighted by atomic mass is 10.1. The van der Waals surface area contributed by atoms with Crippen LogP contribution in [0.5, 0.6) is 0 Å². The first-order valence-electron chi connectivity index (χ1n) is 34.1. The van der Waals surface area contributed by atoms with Crippen LogP contribution >= 0.6 is 0 Å². The van der Waals surface area contributed by atoms with Crippen LogP contribution in [-0.2, 0) is 28.6 Å². The third-order valence-electron chi connectivity index (χ3n) is 15.3. The Kier molecular flexibility index (Phi) is 63.6. The Morgan fingerprint density at radius 1 is 0.260 bits per heavy atom. The average Bonchev–Trinajstić information content (AvgIpc) is 3.43. The summed E-state index contributed by atoms with van der Waals surface area (Å²) in [6.45, 7) is 6.68. The summed E-state index contributed by atoms with van der Waals surface area (Å²) in [5, 5.41) is 0. The Morgan fingerprint density at radius 2 is 0.468 bits per heavy atom. The Labute approximate surface area is 479 Å². The van der Waals surface area contributed by atoms with Gasteiger partial charge in [-0.15, -0.1) is 0 Å². The molecule has 0 rings (SSSR count). The molecule has 0 aromatic heterocycles. The van der Waals surface area contributed by atoms with E-state index in [1.54, 1.807) is 0 Å². The van der Waals surface area contributed by atoms with Crippen molar-refractivity contribution in [1.82, 2.24) is 0 Å². The van der Waals surface area contributed by atoms with Crippen LogP contribution in [0.2, 0.25) is 0 Å². The van der Waals surface area contributed by atoms with Crippen molar-refractivity contribution < 1.29 is 28.6 Å². The molecule has 1 atom stereocenters. The van der Waals surface area contributed by atoms with Crippen LogP contribution < -0.4 is 0 Å². The van der Waals surface area contributed by atoms with Gasteiger partial charge < -0.3 is 14.2 Å². The van der Waals surface area contributed by atoms with Crippen LogP contribution in [0.4, 0.5) is 0 Å². The molecule has 0 aliphatic carbocycles. The predicted octanol–water partition coefficient (Wildman–Crippen LogP) is 23.3. The van der Waals surface area contributed by atoms with E-state index >= 15 is 0 Å². The van der Waals surface area contributed by atoms with Gasteiger partial charge in [-0.25, -0.2) is 0 Å². The van der Waals surface area contributed by atoms with Gasteiger partial charge in [-0.3, -0.25) is 14.4 Å². The minimum absolute atomic E-state index is 0.0735. The second-order valence-corrected chi connectivity index (χ2v) is 23.1. The largest absolute Gasteiger partial charge is 0.462 e. The van der Waals surface area contributed by atoms with E-state index < -0.39 is 6.10 Å². The van der Waals surface area contributed by atoms with Crippen molar-refractivity contribution in [2.45, 2.75) is 374 Å². The first-order valence-corrected chi connectivity index (χ1v) is 34.1. The van der Waals surface area contributed by atoms with E-state index in [0.29, 0.717) is 19.3 Å². The molecule has 0 saturated heterocycles. The molecule has 0 fully saturated rings. The molecular weight excluding hydrogens is 949 g/mol. The molecule has 77 heavy (non-hydrogen) atoms. The van der Waals surface area contributed by atoms with E-state index in [2.05, 4.69) is 69.4 Å². The summed E-state index contributed by atoms with van der Waals surface area (Å²) in [5.74, 6) is -0.858. The van der Waals surface area contributed by atoms with Gasteiger partial charge in [0.25, 0.3) is 0 Å². The zero-order valence-corrected chi connectivity index (χ0v) is 51.7. The smallest absolute Gasteiger partial charge is 0.306 e. The number of allylic oxidation sites excluding steroid dienone is 8. The molecule has 1 unspecified atom stereocenters. The van der Waals surface area contributed by atoms with Crippen LogP contribution in [0.15, 0.2) is 48.6 Å². The van der Waals surface area contributed by atoms with Crippen molar-refractivity contribution >= 4 is 17.9 Å². The Balaban J connectivity index is 4.35. The van der Waals surface area contributed by atoms with Gasteiger partial charge >= 0.3 is 17.9 Å². The standard InChI is InChI=1S/C71H130O6/c1-4-7-10-13-16-19-22-25-28-31-34-35-38-40-43-46-49-52-55-58-61-64-70(73)76-67-68(77-71(74)65-62-59-56-53-50-47-44-41-37-33-30-27-24-21-18-15-12-9-6-3)66-75-69(72)63-60-57-54-51-48-45-42-39-36-32-29-26-23-20-17-14-11-8-5-2/h22,25-27,29-31,34,68H,4-21,23-24,28,32-33,35-67H2,1-3H3/b25-22-,29-26-,30-27-,34-31-. The summed E-state index contributed by atoms with van der Waals surface area (Å²) in [7, 11) is 0. The highest BCUT2D eigenvalue weighted by Gasteiger charge is 2.19. The maximum absolute atomic E-state index is 12.9. The molecule has 450 valence electrons. The number of carbonyl (C=O) groups is 3. The number of carbonyl (C=O) groups excluding carboxylic acids is 3. The monoisotopic (exact) mass is 1080 g/mol. The molecule has 6 nitrogen and oxygen atoms in total. The first kappa shape index (κ1) is 74.4. The summed E-state index contributed by atoms with van der Waals surface area (Å²) in [4.78, 5) is 38.4. The van der Waals surface area contributed by atoms with E-state index in [1.807, 2.05) is 0 Å². The number of hydrogen-bond donors (Lipinski definition) is 0. The van der Waals surface area contributed by atoms with Crippen LogP contribution in [0.3, 0.4) is 0 Å². The number of esters is 3. The third-order valence-corrected chi connectivity index (χ3v) is 15.3. The van der Waals surface area contributed by atoms with Crippen molar-refractivity contribution in [1.29, 1.82) is 0 Å². The zero-order chi connectivity index (χ0) is 55.7. The second-order valence-electron chi connectivity index (χ2n) is 23.1. The molecule has 0 spiro atoms. The lowest BCUT2D eigenvalue weighted by molar-refractivity contribution is -0.167. The van der Waals surface area contributed by atoms with Crippen LogP contribution in [-0.4, -0.2) is 37.2 Å². The molecule has 0 amide bonds. The van der Waals surface area contributed by atoms with Crippen molar-refractivity contribution in [2.75, 3.05) is 13.2 Å². The maximum atomic E-state index is 12.9. The fourth-order valence-corrected chi connectivity index (χ4v) is 10.1. The first-order chi connectivity index (χ1) is 38.0. The summed E-state index contributed by atoms with van der Waals surface area (Å²) in [6, 6.07) is 0. The van der Waals surface area contributed by atoms with E-state index in [1.165, 1.54) is 263 Å². The summed E-state index contributed by atoms with van der Waals surface area (Å²) in [6.07, 6.45) is 82.6. The normalized spacial score (nSPS) is 12.3. The number of hydrogen-bond acceptors (Lipinski definition) is 6. The van der Waals surface area contributed by atoms with Crippen molar-refractivity contribution in [3.63, 3.8) is 0 Å². The van der Waals surface area contributed by atoms with Gasteiger partial charge in [-0.1, -0.05) is 294 Å².